The van der Waals surface area contributed by atoms with Crippen molar-refractivity contribution in [2.24, 2.45) is 0 Å². The van der Waals surface area contributed by atoms with E-state index in [4.69, 9.17) is 16.0 Å². The lowest BCUT2D eigenvalue weighted by Crippen LogP contribution is -2.22. The predicted octanol–water partition coefficient (Wildman–Crippen LogP) is 3.82. The molecule has 7 heteroatoms. The van der Waals surface area contributed by atoms with Crippen molar-refractivity contribution in [3.63, 3.8) is 0 Å². The molecule has 0 aliphatic carbocycles. The Balaban J connectivity index is 1.86. The van der Waals surface area contributed by atoms with Crippen LogP contribution in [0.2, 0.25) is 5.02 Å². The Morgan fingerprint density at radius 2 is 1.97 bits per heavy atom. The number of anilines is 1. The highest BCUT2D eigenvalue weighted by atomic mass is 35.5. The Labute approximate surface area is 171 Å². The van der Waals surface area contributed by atoms with Crippen LogP contribution in [0.15, 0.2) is 64.6 Å². The lowest BCUT2D eigenvalue weighted by atomic mass is 10.1. The quantitative estimate of drug-likeness (QED) is 0.513. The van der Waals surface area contributed by atoms with Crippen LogP contribution in [0.25, 0.3) is 17.4 Å². The number of carboxylic acids is 1. The Morgan fingerprint density at radius 3 is 2.66 bits per heavy atom. The van der Waals surface area contributed by atoms with Gasteiger partial charge in [-0.1, -0.05) is 29.8 Å². The first-order valence-corrected chi connectivity index (χ1v) is 8.86. The van der Waals surface area contributed by atoms with Gasteiger partial charge in [-0.05, 0) is 54.4 Å². The summed E-state index contributed by atoms with van der Waals surface area (Å²) in [7, 11) is 0. The number of amides is 1. The molecule has 0 fully saturated rings. The highest BCUT2D eigenvalue weighted by Crippen LogP contribution is 2.31. The van der Waals surface area contributed by atoms with Gasteiger partial charge in [-0.3, -0.25) is 4.79 Å². The molecule has 0 radical (unpaired) electrons. The maximum atomic E-state index is 12.4. The number of benzene rings is 2. The fourth-order valence-corrected chi connectivity index (χ4v) is 2.84. The number of carboxylic acid groups (broad SMARTS) is 1. The smallest absolute Gasteiger partial charge is 0.266 e. The summed E-state index contributed by atoms with van der Waals surface area (Å²) in [5.74, 6) is -1.38. The Hall–Kier alpha value is -3.82. The fraction of sp³-hybridized carbons (Fsp3) is 0.0455. The van der Waals surface area contributed by atoms with Crippen molar-refractivity contribution in [2.75, 3.05) is 5.32 Å². The van der Waals surface area contributed by atoms with Crippen LogP contribution in [0.1, 0.15) is 21.7 Å². The summed E-state index contributed by atoms with van der Waals surface area (Å²) in [6, 6.07) is 16.2. The highest BCUT2D eigenvalue weighted by Gasteiger charge is 2.13. The molecule has 2 aromatic carbocycles. The van der Waals surface area contributed by atoms with Crippen molar-refractivity contribution >= 4 is 35.2 Å². The third kappa shape index (κ3) is 4.72. The standard InChI is InChI=1S/C22H15ClN2O4/c1-13-3-2-4-16(9-13)25-21(26)15(12-24)10-17-6-8-20(29-17)18-11-14(22(27)28)5-7-19(18)23/h2-11H,1H3,(H,25,26)(H,27,28)/p-1/b15-10-. The minimum Gasteiger partial charge on any atom is -0.545 e. The van der Waals surface area contributed by atoms with E-state index in [0.29, 0.717) is 17.0 Å². The van der Waals surface area contributed by atoms with Crippen LogP contribution in [0, 0.1) is 18.3 Å². The largest absolute Gasteiger partial charge is 0.545 e. The average Bonchev–Trinajstić information content (AvgIpc) is 3.14. The van der Waals surface area contributed by atoms with Crippen molar-refractivity contribution in [1.29, 1.82) is 5.26 Å². The van der Waals surface area contributed by atoms with Crippen LogP contribution in [0.4, 0.5) is 5.69 Å². The van der Waals surface area contributed by atoms with E-state index < -0.39 is 11.9 Å². The van der Waals surface area contributed by atoms with Crippen LogP contribution >= 0.6 is 11.6 Å². The van der Waals surface area contributed by atoms with Gasteiger partial charge in [0.05, 0.1) is 11.0 Å². The van der Waals surface area contributed by atoms with Crippen LogP contribution in [0.3, 0.4) is 0 Å². The molecule has 3 rings (SSSR count). The van der Waals surface area contributed by atoms with E-state index in [9.17, 15) is 20.0 Å². The zero-order chi connectivity index (χ0) is 21.0. The average molecular weight is 406 g/mol. The van der Waals surface area contributed by atoms with Gasteiger partial charge in [-0.25, -0.2) is 0 Å². The molecule has 0 spiro atoms. The second-order valence-corrected chi connectivity index (χ2v) is 6.58. The molecule has 0 unspecified atom stereocenters. The van der Waals surface area contributed by atoms with Crippen molar-refractivity contribution in [3.8, 4) is 17.4 Å². The van der Waals surface area contributed by atoms with Crippen LogP contribution in [-0.4, -0.2) is 11.9 Å². The number of hydrogen-bond acceptors (Lipinski definition) is 5. The van der Waals surface area contributed by atoms with E-state index in [1.807, 2.05) is 19.1 Å². The first-order chi connectivity index (χ1) is 13.9. The van der Waals surface area contributed by atoms with Crippen molar-refractivity contribution in [1.82, 2.24) is 0 Å². The second kappa shape index (κ2) is 8.46. The minimum absolute atomic E-state index is 0.0480. The Kier molecular flexibility index (Phi) is 5.82. The molecule has 6 nitrogen and oxygen atoms in total. The number of aromatic carboxylic acids is 1. The van der Waals surface area contributed by atoms with E-state index in [-0.39, 0.29) is 21.9 Å². The van der Waals surface area contributed by atoms with Gasteiger partial charge in [0.2, 0.25) is 0 Å². The first-order valence-electron chi connectivity index (χ1n) is 8.48. The zero-order valence-corrected chi connectivity index (χ0v) is 16.0. The number of nitrogens with one attached hydrogen (secondary N) is 1. The molecular weight excluding hydrogens is 392 g/mol. The van der Waals surface area contributed by atoms with Gasteiger partial charge in [0.15, 0.2) is 0 Å². The molecule has 1 heterocycles. The highest BCUT2D eigenvalue weighted by molar-refractivity contribution is 6.33. The molecule has 0 saturated carbocycles. The maximum absolute atomic E-state index is 12.4. The van der Waals surface area contributed by atoms with Crippen molar-refractivity contribution in [3.05, 3.63) is 82.1 Å². The predicted molar refractivity (Wildman–Crippen MR) is 107 cm³/mol. The van der Waals surface area contributed by atoms with E-state index >= 15 is 0 Å². The molecule has 0 bridgehead atoms. The van der Waals surface area contributed by atoms with Gasteiger partial charge >= 0.3 is 0 Å². The van der Waals surface area contributed by atoms with Crippen LogP contribution in [0.5, 0.6) is 0 Å². The lowest BCUT2D eigenvalue weighted by molar-refractivity contribution is -0.255. The molecule has 3 aromatic rings. The van der Waals surface area contributed by atoms with Gasteiger partial charge < -0.3 is 19.6 Å². The number of halogens is 1. The molecule has 0 saturated heterocycles. The van der Waals surface area contributed by atoms with E-state index in [0.717, 1.165) is 5.56 Å². The topological polar surface area (TPSA) is 106 Å². The fourth-order valence-electron chi connectivity index (χ4n) is 2.63. The summed E-state index contributed by atoms with van der Waals surface area (Å²) >= 11 is 6.13. The lowest BCUT2D eigenvalue weighted by Gasteiger charge is -2.06. The molecule has 1 amide bonds. The number of hydrogen-bond donors (Lipinski definition) is 1. The number of rotatable bonds is 5. The minimum atomic E-state index is -1.34. The molecule has 29 heavy (non-hydrogen) atoms. The maximum Gasteiger partial charge on any atom is 0.266 e. The number of carbonyl (C=O) groups is 2. The number of nitriles is 1. The van der Waals surface area contributed by atoms with Crippen LogP contribution < -0.4 is 10.4 Å². The zero-order valence-electron chi connectivity index (χ0n) is 15.2. The van der Waals surface area contributed by atoms with Gasteiger partial charge in [-0.2, -0.15) is 5.26 Å². The monoisotopic (exact) mass is 405 g/mol. The first kappa shape index (κ1) is 19.9. The van der Waals surface area contributed by atoms with Crippen LogP contribution in [-0.2, 0) is 4.79 Å². The third-order valence-electron chi connectivity index (χ3n) is 4.02. The van der Waals surface area contributed by atoms with E-state index in [2.05, 4.69) is 5.32 Å². The molecule has 1 aromatic heterocycles. The van der Waals surface area contributed by atoms with Gasteiger partial charge in [0.25, 0.3) is 5.91 Å². The molecule has 0 aliphatic heterocycles. The number of carbonyl (C=O) groups excluding carboxylic acids is 2. The number of furan rings is 1. The summed E-state index contributed by atoms with van der Waals surface area (Å²) in [6.45, 7) is 1.89. The van der Waals surface area contributed by atoms with E-state index in [1.165, 1.54) is 24.3 Å². The van der Waals surface area contributed by atoms with Gasteiger partial charge in [-0.15, -0.1) is 0 Å². The molecule has 0 atom stereocenters. The summed E-state index contributed by atoms with van der Waals surface area (Å²) < 4.78 is 5.63. The van der Waals surface area contributed by atoms with Gasteiger partial charge in [0.1, 0.15) is 23.2 Å². The molecule has 144 valence electrons. The van der Waals surface area contributed by atoms with Crippen molar-refractivity contribution < 1.29 is 19.1 Å². The molecule has 0 aliphatic rings. The normalized spacial score (nSPS) is 11.0. The Morgan fingerprint density at radius 1 is 1.17 bits per heavy atom. The number of nitrogens with zero attached hydrogens (tertiary/aromatic N) is 1. The second-order valence-electron chi connectivity index (χ2n) is 6.18. The van der Waals surface area contributed by atoms with Crippen molar-refractivity contribution in [2.45, 2.75) is 6.92 Å². The van der Waals surface area contributed by atoms with E-state index in [1.54, 1.807) is 30.3 Å². The summed E-state index contributed by atoms with van der Waals surface area (Å²) in [5.41, 5.74) is 1.70. The SMILES string of the molecule is Cc1cccc(NC(=O)/C(C#N)=C\c2ccc(-c3cc(C(=O)[O-])ccc3Cl)o2)c1. The Bertz CT molecular complexity index is 1170. The van der Waals surface area contributed by atoms with Gasteiger partial charge in [0, 0.05) is 17.3 Å². The summed E-state index contributed by atoms with van der Waals surface area (Å²) in [5, 5.41) is 23.3. The third-order valence-corrected chi connectivity index (χ3v) is 4.35. The number of aryl methyl sites for hydroxylation is 1. The molecule has 1 N–H and O–H groups in total. The summed E-state index contributed by atoms with van der Waals surface area (Å²) in [6.07, 6.45) is 1.30. The summed E-state index contributed by atoms with van der Waals surface area (Å²) in [4.78, 5) is 23.4. The molecular formula is C22H14ClN2O4-.